The number of para-hydroxylation sites is 1. The normalized spacial score (nSPS) is 18.1. The molecule has 0 bridgehead atoms. The fourth-order valence-corrected chi connectivity index (χ4v) is 4.13. The monoisotopic (exact) mass is 435 g/mol. The highest BCUT2D eigenvalue weighted by Gasteiger charge is 2.39. The number of imide groups is 1. The van der Waals surface area contributed by atoms with Crippen LogP contribution in [0.4, 0.5) is 4.39 Å². The topological polar surface area (TPSA) is 109 Å². The fraction of sp³-hybridized carbons (Fsp3) is 0.217. The van der Waals surface area contributed by atoms with Crippen LogP contribution in [0.1, 0.15) is 44.9 Å². The molecule has 0 spiro atoms. The Labute approximate surface area is 181 Å². The highest BCUT2D eigenvalue weighted by molar-refractivity contribution is 6.05. The molecule has 2 aliphatic heterocycles. The molecule has 162 valence electrons. The molecule has 1 unspecified atom stereocenters. The molecular formula is C23H18FN3O5. The van der Waals surface area contributed by atoms with Gasteiger partial charge in [-0.15, -0.1) is 0 Å². The van der Waals surface area contributed by atoms with Crippen LogP contribution < -0.4 is 10.6 Å². The number of nitrogens with one attached hydrogen (secondary N) is 2. The van der Waals surface area contributed by atoms with Gasteiger partial charge in [-0.2, -0.15) is 0 Å². The third-order valence-electron chi connectivity index (χ3n) is 5.78. The number of amides is 4. The number of halogens is 1. The zero-order chi connectivity index (χ0) is 22.4. The summed E-state index contributed by atoms with van der Waals surface area (Å²) in [7, 11) is 0. The quantitative estimate of drug-likeness (QED) is 0.611. The number of benzene rings is 2. The molecule has 32 heavy (non-hydrogen) atoms. The SMILES string of the molecule is O=C1CCC(N2Cc3cc(CNC(=O)c4cc5ccccc5o4)c(F)cc3C2=O)C(=O)N1. The van der Waals surface area contributed by atoms with Crippen molar-refractivity contribution in [3.05, 3.63) is 70.7 Å². The van der Waals surface area contributed by atoms with Gasteiger partial charge in [-0.25, -0.2) is 4.39 Å². The first-order valence-electron chi connectivity index (χ1n) is 10.1. The maximum atomic E-state index is 14.7. The number of hydrogen-bond acceptors (Lipinski definition) is 5. The van der Waals surface area contributed by atoms with Crippen molar-refractivity contribution in [3.8, 4) is 0 Å². The summed E-state index contributed by atoms with van der Waals surface area (Å²) in [6.07, 6.45) is 0.372. The van der Waals surface area contributed by atoms with Crippen molar-refractivity contribution in [2.75, 3.05) is 0 Å². The minimum absolute atomic E-state index is 0.0956. The summed E-state index contributed by atoms with van der Waals surface area (Å²) in [5.41, 5.74) is 1.54. The summed E-state index contributed by atoms with van der Waals surface area (Å²) in [6.45, 7) is 0.0346. The fourth-order valence-electron chi connectivity index (χ4n) is 4.13. The van der Waals surface area contributed by atoms with Crippen LogP contribution in [0.15, 0.2) is 46.9 Å². The minimum Gasteiger partial charge on any atom is -0.451 e. The molecule has 8 nitrogen and oxygen atoms in total. The van der Waals surface area contributed by atoms with Crippen LogP contribution in [0.25, 0.3) is 11.0 Å². The van der Waals surface area contributed by atoms with Crippen LogP contribution in [-0.4, -0.2) is 34.6 Å². The first-order valence-corrected chi connectivity index (χ1v) is 10.1. The molecule has 0 aliphatic carbocycles. The van der Waals surface area contributed by atoms with Gasteiger partial charge >= 0.3 is 0 Å². The van der Waals surface area contributed by atoms with Crippen molar-refractivity contribution in [2.45, 2.75) is 32.0 Å². The van der Waals surface area contributed by atoms with Crippen molar-refractivity contribution in [1.82, 2.24) is 15.5 Å². The molecule has 4 amide bonds. The van der Waals surface area contributed by atoms with Gasteiger partial charge in [0, 0.05) is 36.0 Å². The Balaban J connectivity index is 1.31. The maximum Gasteiger partial charge on any atom is 0.287 e. The number of carbonyl (C=O) groups excluding carboxylic acids is 4. The number of piperidine rings is 1. The molecule has 0 radical (unpaired) electrons. The molecule has 2 aliphatic rings. The highest BCUT2D eigenvalue weighted by atomic mass is 19.1. The van der Waals surface area contributed by atoms with Gasteiger partial charge in [-0.05, 0) is 36.2 Å². The number of nitrogens with zero attached hydrogens (tertiary/aromatic N) is 1. The zero-order valence-electron chi connectivity index (χ0n) is 16.8. The van der Waals surface area contributed by atoms with Gasteiger partial charge in [0.25, 0.3) is 11.8 Å². The lowest BCUT2D eigenvalue weighted by molar-refractivity contribution is -0.136. The second-order valence-electron chi connectivity index (χ2n) is 7.83. The Morgan fingerprint density at radius 1 is 1.19 bits per heavy atom. The lowest BCUT2D eigenvalue weighted by Crippen LogP contribution is -2.52. The largest absolute Gasteiger partial charge is 0.451 e. The van der Waals surface area contributed by atoms with E-state index in [1.807, 2.05) is 12.1 Å². The van der Waals surface area contributed by atoms with Crippen LogP contribution in [0.5, 0.6) is 0 Å². The van der Waals surface area contributed by atoms with Crippen molar-refractivity contribution >= 4 is 34.6 Å². The number of furan rings is 1. The third-order valence-corrected chi connectivity index (χ3v) is 5.78. The van der Waals surface area contributed by atoms with Gasteiger partial charge in [0.2, 0.25) is 11.8 Å². The summed E-state index contributed by atoms with van der Waals surface area (Å²) < 4.78 is 20.2. The number of fused-ring (bicyclic) bond motifs is 2. The highest BCUT2D eigenvalue weighted by Crippen LogP contribution is 2.29. The molecule has 3 heterocycles. The second kappa shape index (κ2) is 7.60. The van der Waals surface area contributed by atoms with Crippen molar-refractivity contribution < 1.29 is 28.0 Å². The Kier molecular flexibility index (Phi) is 4.73. The van der Waals surface area contributed by atoms with E-state index >= 15 is 0 Å². The van der Waals surface area contributed by atoms with Gasteiger partial charge in [-0.1, -0.05) is 18.2 Å². The molecule has 1 atom stereocenters. The Morgan fingerprint density at radius 2 is 2.00 bits per heavy atom. The summed E-state index contributed by atoms with van der Waals surface area (Å²) in [5.74, 6) is -2.35. The van der Waals surface area contributed by atoms with Gasteiger partial charge in [0.15, 0.2) is 5.76 Å². The van der Waals surface area contributed by atoms with E-state index in [0.717, 1.165) is 11.5 Å². The van der Waals surface area contributed by atoms with Crippen molar-refractivity contribution in [1.29, 1.82) is 0 Å². The first-order chi connectivity index (χ1) is 15.4. The average molecular weight is 435 g/mol. The van der Waals surface area contributed by atoms with E-state index < -0.39 is 29.6 Å². The molecule has 1 fully saturated rings. The maximum absolute atomic E-state index is 14.7. The number of hydrogen-bond donors (Lipinski definition) is 2. The van der Waals surface area contributed by atoms with Gasteiger partial charge < -0.3 is 14.6 Å². The van der Waals surface area contributed by atoms with E-state index in [1.54, 1.807) is 18.2 Å². The van der Waals surface area contributed by atoms with E-state index in [4.69, 9.17) is 4.42 Å². The predicted molar refractivity (Wildman–Crippen MR) is 110 cm³/mol. The predicted octanol–water partition coefficient (Wildman–Crippen LogP) is 2.26. The van der Waals surface area contributed by atoms with Gasteiger partial charge in [-0.3, -0.25) is 24.5 Å². The van der Waals surface area contributed by atoms with Crippen LogP contribution in [0.3, 0.4) is 0 Å². The van der Waals surface area contributed by atoms with E-state index in [9.17, 15) is 23.6 Å². The molecule has 1 aromatic heterocycles. The van der Waals surface area contributed by atoms with Gasteiger partial charge in [0.1, 0.15) is 17.4 Å². The van der Waals surface area contributed by atoms with E-state index in [1.165, 1.54) is 11.0 Å². The standard InChI is InChI=1S/C23H18FN3O5/c24-16-9-15-14(11-27(23(15)31)17-5-6-20(28)26-21(17)29)7-13(16)10-25-22(30)19-8-12-3-1-2-4-18(12)32-19/h1-4,7-9,17H,5-6,10-11H2,(H,25,30)(H,26,28,29). The molecule has 1 saturated heterocycles. The Morgan fingerprint density at radius 3 is 2.78 bits per heavy atom. The molecule has 5 rings (SSSR count). The summed E-state index contributed by atoms with van der Waals surface area (Å²) in [5, 5.41) is 5.65. The smallest absolute Gasteiger partial charge is 0.287 e. The summed E-state index contributed by atoms with van der Waals surface area (Å²) >= 11 is 0. The summed E-state index contributed by atoms with van der Waals surface area (Å²) in [4.78, 5) is 50.0. The Bertz CT molecular complexity index is 1270. The van der Waals surface area contributed by atoms with Crippen LogP contribution in [-0.2, 0) is 22.7 Å². The van der Waals surface area contributed by atoms with Crippen molar-refractivity contribution in [2.24, 2.45) is 0 Å². The van der Waals surface area contributed by atoms with Crippen LogP contribution >= 0.6 is 0 Å². The Hall–Kier alpha value is -4.01. The third kappa shape index (κ3) is 3.41. The van der Waals surface area contributed by atoms with E-state index in [-0.39, 0.29) is 48.7 Å². The molecule has 2 aromatic carbocycles. The zero-order valence-corrected chi connectivity index (χ0v) is 16.8. The van der Waals surface area contributed by atoms with Crippen LogP contribution in [0.2, 0.25) is 0 Å². The van der Waals surface area contributed by atoms with Gasteiger partial charge in [0.05, 0.1) is 0 Å². The molecule has 0 saturated carbocycles. The molecule has 2 N–H and O–H groups in total. The van der Waals surface area contributed by atoms with Crippen LogP contribution in [0, 0.1) is 5.82 Å². The minimum atomic E-state index is -0.771. The average Bonchev–Trinajstić information content (AvgIpc) is 3.34. The first kappa shape index (κ1) is 19.9. The number of rotatable bonds is 4. The lowest BCUT2D eigenvalue weighted by atomic mass is 10.0. The second-order valence-corrected chi connectivity index (χ2v) is 7.83. The molecule has 9 heteroatoms. The number of carbonyl (C=O) groups is 4. The van der Waals surface area contributed by atoms with Crippen molar-refractivity contribution in [3.63, 3.8) is 0 Å². The molecule has 3 aromatic rings. The molecular weight excluding hydrogens is 417 g/mol. The summed E-state index contributed by atoms with van der Waals surface area (Å²) in [6, 6.07) is 10.7. The van der Waals surface area contributed by atoms with E-state index in [0.29, 0.717) is 11.1 Å². The lowest BCUT2D eigenvalue weighted by Gasteiger charge is -2.29. The van der Waals surface area contributed by atoms with E-state index in [2.05, 4.69) is 10.6 Å².